The minimum Gasteiger partial charge on any atom is -0.493 e. The molecule has 8 nitrogen and oxygen atoms in total. The molecule has 1 saturated carbocycles. The molecule has 0 radical (unpaired) electrons. The first-order valence-electron chi connectivity index (χ1n) is 14.1. The molecular formula is C31H42N6O2. The molecule has 2 heterocycles. The molecule has 39 heavy (non-hydrogen) atoms. The highest BCUT2D eigenvalue weighted by Gasteiger charge is 2.28. The van der Waals surface area contributed by atoms with Gasteiger partial charge in [0.25, 0.3) is 0 Å². The molecular weight excluding hydrogens is 488 g/mol. The smallest absolute Gasteiger partial charge is 0.204 e. The Morgan fingerprint density at radius 2 is 1.82 bits per heavy atom. The average Bonchev–Trinajstić information content (AvgIpc) is 3.20. The van der Waals surface area contributed by atoms with Crippen LogP contribution in [0.5, 0.6) is 5.75 Å². The third-order valence-electron chi connectivity index (χ3n) is 7.62. The van der Waals surface area contributed by atoms with Gasteiger partial charge in [0.1, 0.15) is 11.8 Å². The van der Waals surface area contributed by atoms with Crippen LogP contribution in [-0.4, -0.2) is 73.2 Å². The van der Waals surface area contributed by atoms with Crippen molar-refractivity contribution in [2.45, 2.75) is 51.6 Å². The standard InChI is InChI=1S/C30H39N5O.CH3NO/c1-22(2)32-24-10-8-23(9-11-24)30-28(21-31)27-13-12-26(20-29(27)35(30)25-6-4-7-25)36-19-5-14-34-17-15-33(3)16-18-34;2-1-3/h8-13,20,22,25,32H,4-7,14-19H2,1-3H3;1H,(H2,2,3). The number of ether oxygens (including phenoxy) is 1. The second-order valence-electron chi connectivity index (χ2n) is 10.8. The van der Waals surface area contributed by atoms with Crippen LogP contribution in [0.4, 0.5) is 5.69 Å². The number of fused-ring (bicyclic) bond motifs is 1. The van der Waals surface area contributed by atoms with Crippen molar-refractivity contribution >= 4 is 23.0 Å². The van der Waals surface area contributed by atoms with E-state index in [1.54, 1.807) is 0 Å². The van der Waals surface area contributed by atoms with Gasteiger partial charge in [-0.15, -0.1) is 0 Å². The van der Waals surface area contributed by atoms with Gasteiger partial charge in [-0.05, 0) is 76.4 Å². The van der Waals surface area contributed by atoms with Crippen LogP contribution >= 0.6 is 0 Å². The summed E-state index contributed by atoms with van der Waals surface area (Å²) >= 11 is 0. The van der Waals surface area contributed by atoms with Crippen LogP contribution in [0.3, 0.4) is 0 Å². The van der Waals surface area contributed by atoms with Gasteiger partial charge in [-0.25, -0.2) is 0 Å². The van der Waals surface area contributed by atoms with Gasteiger partial charge >= 0.3 is 0 Å². The van der Waals surface area contributed by atoms with Crippen molar-refractivity contribution in [3.63, 3.8) is 0 Å². The summed E-state index contributed by atoms with van der Waals surface area (Å²) in [4.78, 5) is 13.5. The number of hydrogen-bond acceptors (Lipinski definition) is 6. The van der Waals surface area contributed by atoms with Crippen molar-refractivity contribution in [2.75, 3.05) is 51.7 Å². The maximum Gasteiger partial charge on any atom is 0.204 e. The molecule has 1 aromatic heterocycles. The number of likely N-dealkylation sites (N-methyl/N-ethyl adjacent to an activating group) is 1. The number of rotatable bonds is 9. The van der Waals surface area contributed by atoms with Gasteiger partial charge in [0.15, 0.2) is 0 Å². The number of primary amides is 1. The van der Waals surface area contributed by atoms with Gasteiger partial charge in [0, 0.05) is 61.9 Å². The van der Waals surface area contributed by atoms with Crippen LogP contribution in [0, 0.1) is 11.3 Å². The summed E-state index contributed by atoms with van der Waals surface area (Å²) in [7, 11) is 2.19. The lowest BCUT2D eigenvalue weighted by atomic mass is 9.92. The zero-order valence-electron chi connectivity index (χ0n) is 23.5. The summed E-state index contributed by atoms with van der Waals surface area (Å²) in [6.07, 6.45) is 4.83. The van der Waals surface area contributed by atoms with Crippen LogP contribution in [0.25, 0.3) is 22.2 Å². The lowest BCUT2D eigenvalue weighted by molar-refractivity contribution is -0.106. The van der Waals surface area contributed by atoms with Gasteiger partial charge in [-0.2, -0.15) is 5.26 Å². The van der Waals surface area contributed by atoms with Crippen LogP contribution in [-0.2, 0) is 4.79 Å². The van der Waals surface area contributed by atoms with Gasteiger partial charge in [-0.1, -0.05) is 12.1 Å². The Morgan fingerprint density at radius 1 is 1.13 bits per heavy atom. The molecule has 1 aliphatic heterocycles. The largest absolute Gasteiger partial charge is 0.493 e. The lowest BCUT2D eigenvalue weighted by Crippen LogP contribution is -2.44. The Kier molecular flexibility index (Phi) is 9.85. The molecule has 1 aliphatic carbocycles. The number of nitrogens with zero attached hydrogens (tertiary/aromatic N) is 4. The highest BCUT2D eigenvalue weighted by Crippen LogP contribution is 2.43. The number of aromatic nitrogens is 1. The number of carbonyl (C=O) groups excluding carboxylic acids is 1. The summed E-state index contributed by atoms with van der Waals surface area (Å²) < 4.78 is 8.63. The monoisotopic (exact) mass is 530 g/mol. The quantitative estimate of drug-likeness (QED) is 0.303. The topological polar surface area (TPSA) is 99.6 Å². The zero-order chi connectivity index (χ0) is 27.8. The molecule has 2 aromatic carbocycles. The molecule has 3 aromatic rings. The summed E-state index contributed by atoms with van der Waals surface area (Å²) in [6, 6.07) is 18.1. The normalized spacial score (nSPS) is 16.3. The number of hydrogen-bond donors (Lipinski definition) is 2. The van der Waals surface area contributed by atoms with E-state index in [1.165, 1.54) is 6.42 Å². The molecule has 0 bridgehead atoms. The summed E-state index contributed by atoms with van der Waals surface area (Å²) in [6.45, 7) is 10.7. The average molecular weight is 531 g/mol. The first-order valence-corrected chi connectivity index (χ1v) is 14.1. The number of piperazine rings is 1. The first kappa shape index (κ1) is 28.5. The molecule has 0 unspecified atom stereocenters. The van der Waals surface area contributed by atoms with E-state index in [0.29, 0.717) is 18.7 Å². The maximum atomic E-state index is 10.2. The molecule has 1 saturated heterocycles. The highest BCUT2D eigenvalue weighted by atomic mass is 16.5. The molecule has 8 heteroatoms. The van der Waals surface area contributed by atoms with Gasteiger partial charge in [0.2, 0.25) is 6.41 Å². The molecule has 0 spiro atoms. The number of nitrogens with one attached hydrogen (secondary N) is 1. The van der Waals surface area contributed by atoms with Crippen molar-refractivity contribution < 1.29 is 9.53 Å². The number of nitriles is 1. The Bertz CT molecular complexity index is 1260. The van der Waals surface area contributed by atoms with Crippen molar-refractivity contribution in [3.05, 3.63) is 48.0 Å². The lowest BCUT2D eigenvalue weighted by Gasteiger charge is -2.32. The SMILES string of the molecule is CC(C)Nc1ccc(-c2c(C#N)c3ccc(OCCCN4CCN(C)CC4)cc3n2C2CCC2)cc1.NC=O. The molecule has 2 fully saturated rings. The van der Waals surface area contributed by atoms with E-state index in [1.807, 2.05) is 6.07 Å². The number of nitrogens with two attached hydrogens (primary N) is 1. The number of benzene rings is 2. The van der Waals surface area contributed by atoms with Crippen LogP contribution < -0.4 is 15.8 Å². The molecule has 5 rings (SSSR count). The van der Waals surface area contributed by atoms with E-state index < -0.39 is 0 Å². The second kappa shape index (κ2) is 13.5. The third kappa shape index (κ3) is 6.92. The van der Waals surface area contributed by atoms with Crippen LogP contribution in [0.2, 0.25) is 0 Å². The van der Waals surface area contributed by atoms with Gasteiger partial charge in [0.05, 0.1) is 23.4 Å². The number of carbonyl (C=O) groups is 1. The fourth-order valence-electron chi connectivity index (χ4n) is 5.41. The molecule has 3 N–H and O–H groups in total. The van der Waals surface area contributed by atoms with E-state index in [-0.39, 0.29) is 6.41 Å². The summed E-state index contributed by atoms with van der Waals surface area (Å²) in [5.74, 6) is 0.895. The fraction of sp³-hybridized carbons (Fsp3) is 0.484. The maximum absolute atomic E-state index is 10.2. The highest BCUT2D eigenvalue weighted by molar-refractivity contribution is 5.95. The Morgan fingerprint density at radius 3 is 2.41 bits per heavy atom. The summed E-state index contributed by atoms with van der Waals surface area (Å²) in [5.41, 5.74) is 9.29. The van der Waals surface area contributed by atoms with Gasteiger partial charge < -0.3 is 30.2 Å². The minimum atomic E-state index is 0.250. The van der Waals surface area contributed by atoms with E-state index >= 15 is 0 Å². The Hall–Kier alpha value is -3.54. The Labute approximate surface area is 232 Å². The number of anilines is 1. The predicted molar refractivity (Wildman–Crippen MR) is 158 cm³/mol. The third-order valence-corrected chi connectivity index (χ3v) is 7.62. The summed E-state index contributed by atoms with van der Waals surface area (Å²) in [5, 5.41) is 14.7. The molecule has 208 valence electrons. The first-order chi connectivity index (χ1) is 18.9. The van der Waals surface area contributed by atoms with Gasteiger partial charge in [-0.3, -0.25) is 4.79 Å². The van der Waals surface area contributed by atoms with E-state index in [2.05, 4.69) is 88.8 Å². The van der Waals surface area contributed by atoms with E-state index in [4.69, 9.17) is 9.53 Å². The van der Waals surface area contributed by atoms with Crippen LogP contribution in [0.1, 0.15) is 51.1 Å². The molecule has 1 amide bonds. The van der Waals surface area contributed by atoms with Crippen molar-refractivity contribution in [1.29, 1.82) is 5.26 Å². The van der Waals surface area contributed by atoms with Crippen molar-refractivity contribution in [1.82, 2.24) is 14.4 Å². The Balaban J connectivity index is 0.00000112. The minimum absolute atomic E-state index is 0.250. The number of amides is 1. The van der Waals surface area contributed by atoms with Crippen LogP contribution in [0.15, 0.2) is 42.5 Å². The predicted octanol–water partition coefficient (Wildman–Crippen LogP) is 4.84. The fourth-order valence-corrected chi connectivity index (χ4v) is 5.41. The second-order valence-corrected chi connectivity index (χ2v) is 10.8. The van der Waals surface area contributed by atoms with Crippen molar-refractivity contribution in [3.8, 4) is 23.1 Å². The zero-order valence-corrected chi connectivity index (χ0v) is 23.5. The molecule has 0 atom stereocenters. The molecule has 2 aliphatic rings. The van der Waals surface area contributed by atoms with E-state index in [9.17, 15) is 5.26 Å². The van der Waals surface area contributed by atoms with Crippen molar-refractivity contribution in [2.24, 2.45) is 5.73 Å². The van der Waals surface area contributed by atoms with E-state index in [0.717, 1.165) is 91.1 Å².